The molecule has 1 N–H and O–H groups in total. The number of esters is 1. The molecule has 2 heterocycles. The van der Waals surface area contributed by atoms with E-state index in [1.807, 2.05) is 66.2 Å². The molecule has 0 saturated heterocycles. The van der Waals surface area contributed by atoms with E-state index >= 15 is 0 Å². The lowest BCUT2D eigenvalue weighted by atomic mass is 10.0. The third-order valence-electron chi connectivity index (χ3n) is 6.44. The van der Waals surface area contributed by atoms with Crippen molar-refractivity contribution in [2.45, 2.75) is 24.5 Å². The number of hydrogen-bond acceptors (Lipinski definition) is 5. The Morgan fingerprint density at radius 3 is 2.43 bits per heavy atom. The molecule has 1 aromatic heterocycles. The van der Waals surface area contributed by atoms with Gasteiger partial charge in [-0.25, -0.2) is 4.79 Å². The highest BCUT2D eigenvalue weighted by molar-refractivity contribution is 8.00. The Morgan fingerprint density at radius 1 is 1.00 bits per heavy atom. The summed E-state index contributed by atoms with van der Waals surface area (Å²) in [5.41, 5.74) is 3.69. The van der Waals surface area contributed by atoms with E-state index in [1.165, 1.54) is 11.8 Å². The topological polar surface area (TPSA) is 80.6 Å². The third kappa shape index (κ3) is 4.72. The van der Waals surface area contributed by atoms with Crippen LogP contribution in [0.2, 0.25) is 0 Å². The molecule has 2 amide bonds. The van der Waals surface area contributed by atoms with E-state index < -0.39 is 12.0 Å². The van der Waals surface area contributed by atoms with E-state index in [2.05, 4.69) is 5.32 Å². The summed E-state index contributed by atoms with van der Waals surface area (Å²) in [5, 5.41) is 4.87. The zero-order valence-corrected chi connectivity index (χ0v) is 21.5. The molecule has 1 unspecified atom stereocenters. The van der Waals surface area contributed by atoms with Crippen LogP contribution < -0.4 is 10.2 Å². The first kappa shape index (κ1) is 24.6. The van der Waals surface area contributed by atoms with Gasteiger partial charge in [0.05, 0.1) is 22.9 Å². The Kier molecular flexibility index (Phi) is 7.01. The highest BCUT2D eigenvalue weighted by Crippen LogP contribution is 2.43. The van der Waals surface area contributed by atoms with Gasteiger partial charge in [0.15, 0.2) is 0 Å². The number of nitrogens with one attached hydrogen (secondary N) is 1. The van der Waals surface area contributed by atoms with Gasteiger partial charge >= 0.3 is 5.97 Å². The lowest BCUT2D eigenvalue weighted by Crippen LogP contribution is -2.43. The first-order valence-electron chi connectivity index (χ1n) is 12.1. The molecule has 188 valence electrons. The van der Waals surface area contributed by atoms with Crippen LogP contribution in [-0.4, -0.2) is 34.7 Å². The van der Waals surface area contributed by atoms with Crippen molar-refractivity contribution in [1.29, 1.82) is 0 Å². The molecule has 8 heteroatoms. The monoisotopic (exact) mass is 513 g/mol. The highest BCUT2D eigenvalue weighted by atomic mass is 32.2. The summed E-state index contributed by atoms with van der Waals surface area (Å²) in [7, 11) is 1.96. The summed E-state index contributed by atoms with van der Waals surface area (Å²) in [6.45, 7) is 2.36. The average Bonchev–Trinajstić information content (AvgIpc) is 3.10. The molecule has 0 radical (unpaired) electrons. The molecule has 3 aromatic carbocycles. The van der Waals surface area contributed by atoms with Crippen LogP contribution in [0.1, 0.15) is 34.5 Å². The van der Waals surface area contributed by atoms with Crippen molar-refractivity contribution < 1.29 is 19.1 Å². The number of rotatable bonds is 6. The molecular weight excluding hydrogens is 486 g/mol. The molecule has 0 saturated carbocycles. The lowest BCUT2D eigenvalue weighted by molar-refractivity contribution is -0.125. The van der Waals surface area contributed by atoms with Crippen LogP contribution in [0, 0.1) is 0 Å². The summed E-state index contributed by atoms with van der Waals surface area (Å²) >= 11 is 1.44. The maximum Gasteiger partial charge on any atom is 0.338 e. The Bertz CT molecular complexity index is 1460. The predicted octanol–water partition coefficient (Wildman–Crippen LogP) is 4.85. The predicted molar refractivity (Wildman–Crippen MR) is 145 cm³/mol. The van der Waals surface area contributed by atoms with Crippen molar-refractivity contribution in [3.05, 3.63) is 95.6 Å². The summed E-state index contributed by atoms with van der Waals surface area (Å²) < 4.78 is 7.14. The minimum absolute atomic E-state index is 0.180. The SMILES string of the molecule is CCOC(=O)c1ccc(N2C(=O)CSc3c(c4ccccc4n3C)C2C(=O)NCc2ccccc2)cc1. The smallest absolute Gasteiger partial charge is 0.338 e. The number of carbonyl (C=O) groups excluding carboxylic acids is 3. The minimum Gasteiger partial charge on any atom is -0.462 e. The molecule has 0 bridgehead atoms. The van der Waals surface area contributed by atoms with E-state index in [0.717, 1.165) is 27.1 Å². The zero-order valence-electron chi connectivity index (χ0n) is 20.6. The molecule has 1 aliphatic rings. The number of aromatic nitrogens is 1. The normalized spacial score (nSPS) is 15.2. The van der Waals surface area contributed by atoms with E-state index in [0.29, 0.717) is 17.8 Å². The van der Waals surface area contributed by atoms with Gasteiger partial charge in [-0.3, -0.25) is 14.5 Å². The number of benzene rings is 3. The fraction of sp³-hybridized carbons (Fsp3) is 0.207. The van der Waals surface area contributed by atoms with E-state index in [-0.39, 0.29) is 24.2 Å². The van der Waals surface area contributed by atoms with Gasteiger partial charge in [-0.1, -0.05) is 60.3 Å². The van der Waals surface area contributed by atoms with Crippen molar-refractivity contribution in [3.63, 3.8) is 0 Å². The van der Waals surface area contributed by atoms with E-state index in [1.54, 1.807) is 36.1 Å². The van der Waals surface area contributed by atoms with Crippen LogP contribution in [0.4, 0.5) is 5.69 Å². The number of para-hydroxylation sites is 1. The molecule has 5 rings (SSSR count). The van der Waals surface area contributed by atoms with Crippen LogP contribution in [0.5, 0.6) is 0 Å². The molecular formula is C29H27N3O4S. The number of hydrogen-bond donors (Lipinski definition) is 1. The minimum atomic E-state index is -0.888. The number of carbonyl (C=O) groups is 3. The Morgan fingerprint density at radius 2 is 1.70 bits per heavy atom. The van der Waals surface area contributed by atoms with Crippen LogP contribution in [0.15, 0.2) is 83.9 Å². The van der Waals surface area contributed by atoms with Crippen LogP contribution >= 0.6 is 11.8 Å². The summed E-state index contributed by atoms with van der Waals surface area (Å²) in [5.74, 6) is -0.708. The van der Waals surface area contributed by atoms with Gasteiger partial charge in [0.1, 0.15) is 6.04 Å². The number of fused-ring (bicyclic) bond motifs is 3. The molecule has 37 heavy (non-hydrogen) atoms. The van der Waals surface area contributed by atoms with Crippen molar-refractivity contribution in [2.24, 2.45) is 7.05 Å². The summed E-state index contributed by atoms with van der Waals surface area (Å²) in [6, 6.07) is 23.3. The molecule has 7 nitrogen and oxygen atoms in total. The third-order valence-corrected chi connectivity index (χ3v) is 7.60. The summed E-state index contributed by atoms with van der Waals surface area (Å²) in [4.78, 5) is 41.2. The molecule has 4 aromatic rings. The fourth-order valence-electron chi connectivity index (χ4n) is 4.71. The van der Waals surface area contributed by atoms with Crippen LogP contribution in [0.3, 0.4) is 0 Å². The molecule has 1 atom stereocenters. The van der Waals surface area contributed by atoms with Crippen molar-refractivity contribution in [3.8, 4) is 0 Å². The standard InChI is InChI=1S/C29H27N3O4S/c1-3-36-29(35)20-13-15-21(16-14-20)32-24(33)18-37-28-25(22-11-7-8-12-23(22)31(28)2)26(32)27(34)30-17-19-9-5-4-6-10-19/h4-16,26H,3,17-18H2,1-2H3,(H,30,34). The maximum absolute atomic E-state index is 13.9. The second kappa shape index (κ2) is 10.5. The highest BCUT2D eigenvalue weighted by Gasteiger charge is 2.39. The first-order chi connectivity index (χ1) is 18.0. The van der Waals surface area contributed by atoms with E-state index in [4.69, 9.17) is 4.74 Å². The van der Waals surface area contributed by atoms with Crippen LogP contribution in [-0.2, 0) is 27.9 Å². The quantitative estimate of drug-likeness (QED) is 0.373. The second-order valence-corrected chi connectivity index (χ2v) is 9.68. The van der Waals surface area contributed by atoms with Gasteiger partial charge in [-0.15, -0.1) is 0 Å². The van der Waals surface area contributed by atoms with Crippen molar-refractivity contribution in [1.82, 2.24) is 9.88 Å². The Hall–Kier alpha value is -4.04. The molecule has 0 aliphatic carbocycles. The fourth-order valence-corrected chi connectivity index (χ4v) is 5.77. The average molecular weight is 514 g/mol. The van der Waals surface area contributed by atoms with Crippen LogP contribution in [0.25, 0.3) is 10.9 Å². The van der Waals surface area contributed by atoms with Crippen molar-refractivity contribution in [2.75, 3.05) is 17.3 Å². The number of anilines is 1. The van der Waals surface area contributed by atoms with Gasteiger partial charge in [-0.2, -0.15) is 0 Å². The van der Waals surface area contributed by atoms with Gasteiger partial charge in [0.2, 0.25) is 11.8 Å². The molecule has 1 aliphatic heterocycles. The van der Waals surface area contributed by atoms with E-state index in [9.17, 15) is 14.4 Å². The number of amides is 2. The number of nitrogens with zero attached hydrogens (tertiary/aromatic N) is 2. The van der Waals surface area contributed by atoms with Gasteiger partial charge < -0.3 is 14.6 Å². The largest absolute Gasteiger partial charge is 0.462 e. The number of thioether (sulfide) groups is 1. The lowest BCUT2D eigenvalue weighted by Gasteiger charge is -2.30. The second-order valence-electron chi connectivity index (χ2n) is 8.72. The van der Waals surface area contributed by atoms with Gasteiger partial charge in [-0.05, 0) is 42.8 Å². The zero-order chi connectivity index (χ0) is 25.9. The maximum atomic E-state index is 13.9. The van der Waals surface area contributed by atoms with Gasteiger partial charge in [0.25, 0.3) is 0 Å². The first-order valence-corrected chi connectivity index (χ1v) is 13.1. The molecule has 0 spiro atoms. The molecule has 0 fully saturated rings. The number of ether oxygens (including phenoxy) is 1. The van der Waals surface area contributed by atoms with Gasteiger partial charge in [0, 0.05) is 35.7 Å². The number of aryl methyl sites for hydroxylation is 1. The summed E-state index contributed by atoms with van der Waals surface area (Å²) in [6.07, 6.45) is 0. The Balaban J connectivity index is 1.60. The Labute approximate surface area is 219 Å². The van der Waals surface area contributed by atoms with Crippen molar-refractivity contribution >= 4 is 46.1 Å².